The van der Waals surface area contributed by atoms with E-state index in [9.17, 15) is 25.0 Å². The number of rotatable bonds is 3. The summed E-state index contributed by atoms with van der Waals surface area (Å²) in [7, 11) is 0. The molecule has 1 rings (SSSR count). The molecule has 0 atom stereocenters. The second kappa shape index (κ2) is 4.74. The second-order valence-electron chi connectivity index (χ2n) is 3.02. The molecule has 90 valence electrons. The molecular formula is C8H6ClN3O5. The Morgan fingerprint density at radius 2 is 1.65 bits per heavy atom. The largest absolute Gasteiger partial charge is 0.326 e. The van der Waals surface area contributed by atoms with Crippen LogP contribution in [0.15, 0.2) is 12.1 Å². The fourth-order valence-electron chi connectivity index (χ4n) is 1.14. The monoisotopic (exact) mass is 259 g/mol. The fourth-order valence-corrected chi connectivity index (χ4v) is 1.38. The maximum absolute atomic E-state index is 10.8. The van der Waals surface area contributed by atoms with Crippen LogP contribution in [-0.4, -0.2) is 15.8 Å². The Hall–Kier alpha value is -2.22. The molecule has 0 aliphatic heterocycles. The minimum Gasteiger partial charge on any atom is -0.326 e. The van der Waals surface area contributed by atoms with Gasteiger partial charge in [0, 0.05) is 19.1 Å². The highest BCUT2D eigenvalue weighted by atomic mass is 35.5. The molecule has 0 aliphatic carbocycles. The minimum absolute atomic E-state index is 0.0553. The standard InChI is InChI=1S/C8H6ClN3O5/c1-4(13)10-5-2-6(11(14)15)8(9)7(3-5)12(16)17/h2-3H,1H3,(H,10,13). The van der Waals surface area contributed by atoms with Gasteiger partial charge in [-0.05, 0) is 0 Å². The molecule has 0 radical (unpaired) electrons. The van der Waals surface area contributed by atoms with E-state index in [1.54, 1.807) is 0 Å². The van der Waals surface area contributed by atoms with Crippen molar-refractivity contribution in [2.24, 2.45) is 0 Å². The Bertz CT molecular complexity index is 481. The van der Waals surface area contributed by atoms with Gasteiger partial charge in [-0.15, -0.1) is 0 Å². The molecular weight excluding hydrogens is 254 g/mol. The van der Waals surface area contributed by atoms with Crippen molar-refractivity contribution in [3.8, 4) is 0 Å². The molecule has 0 saturated heterocycles. The Morgan fingerprint density at radius 3 is 1.94 bits per heavy atom. The third-order valence-electron chi connectivity index (χ3n) is 1.75. The topological polar surface area (TPSA) is 115 Å². The Morgan fingerprint density at radius 1 is 1.24 bits per heavy atom. The van der Waals surface area contributed by atoms with Crippen LogP contribution in [0.2, 0.25) is 5.02 Å². The summed E-state index contributed by atoms with van der Waals surface area (Å²) in [6.07, 6.45) is 0. The van der Waals surface area contributed by atoms with Gasteiger partial charge >= 0.3 is 0 Å². The van der Waals surface area contributed by atoms with Crippen molar-refractivity contribution in [1.82, 2.24) is 0 Å². The van der Waals surface area contributed by atoms with Crippen molar-refractivity contribution >= 4 is 34.6 Å². The zero-order chi connectivity index (χ0) is 13.2. The van der Waals surface area contributed by atoms with Gasteiger partial charge in [0.2, 0.25) is 5.91 Å². The molecule has 1 amide bonds. The smallest absolute Gasteiger partial charge is 0.297 e. The van der Waals surface area contributed by atoms with Gasteiger partial charge in [0.1, 0.15) is 0 Å². The Kier molecular flexibility index (Phi) is 3.59. The summed E-state index contributed by atoms with van der Waals surface area (Å²) in [5.74, 6) is -0.504. The van der Waals surface area contributed by atoms with Crippen LogP contribution in [0.3, 0.4) is 0 Å². The molecule has 0 bridgehead atoms. The zero-order valence-electron chi connectivity index (χ0n) is 8.47. The maximum atomic E-state index is 10.8. The number of hydrogen-bond donors (Lipinski definition) is 1. The van der Waals surface area contributed by atoms with Gasteiger partial charge in [-0.25, -0.2) is 0 Å². The number of nitrogens with one attached hydrogen (secondary N) is 1. The van der Waals surface area contributed by atoms with E-state index >= 15 is 0 Å². The fraction of sp³-hybridized carbons (Fsp3) is 0.125. The van der Waals surface area contributed by atoms with Crippen molar-refractivity contribution in [1.29, 1.82) is 0 Å². The van der Waals surface area contributed by atoms with Crippen molar-refractivity contribution in [3.63, 3.8) is 0 Å². The van der Waals surface area contributed by atoms with Gasteiger partial charge in [-0.2, -0.15) is 0 Å². The molecule has 0 saturated carbocycles. The van der Waals surface area contributed by atoms with Crippen molar-refractivity contribution in [2.45, 2.75) is 6.92 Å². The normalized spacial score (nSPS) is 9.76. The van der Waals surface area contributed by atoms with Gasteiger partial charge in [-0.3, -0.25) is 25.0 Å². The summed E-state index contributed by atoms with van der Waals surface area (Å²) < 4.78 is 0. The van der Waals surface area contributed by atoms with E-state index in [1.807, 2.05) is 0 Å². The van der Waals surface area contributed by atoms with Crippen molar-refractivity contribution in [3.05, 3.63) is 37.4 Å². The molecule has 9 heteroatoms. The summed E-state index contributed by atoms with van der Waals surface area (Å²) in [5.41, 5.74) is -1.32. The highest BCUT2D eigenvalue weighted by molar-refractivity contribution is 6.35. The lowest BCUT2D eigenvalue weighted by atomic mass is 10.2. The van der Waals surface area contributed by atoms with E-state index in [0.29, 0.717) is 0 Å². The number of nitro groups is 2. The Labute approximate surface area is 99.5 Å². The third-order valence-corrected chi connectivity index (χ3v) is 2.14. The summed E-state index contributed by atoms with van der Waals surface area (Å²) in [4.78, 5) is 30.3. The zero-order valence-corrected chi connectivity index (χ0v) is 9.22. The number of hydrogen-bond acceptors (Lipinski definition) is 5. The van der Waals surface area contributed by atoms with Gasteiger partial charge in [0.05, 0.1) is 15.5 Å². The van der Waals surface area contributed by atoms with Gasteiger partial charge in [-0.1, -0.05) is 11.6 Å². The number of amides is 1. The minimum atomic E-state index is -0.860. The van der Waals surface area contributed by atoms with Crippen LogP contribution in [0.5, 0.6) is 0 Å². The van der Waals surface area contributed by atoms with Gasteiger partial charge in [0.25, 0.3) is 11.4 Å². The van der Waals surface area contributed by atoms with Gasteiger partial charge < -0.3 is 5.32 Å². The number of nitro benzene ring substituents is 2. The average Bonchev–Trinajstić information content (AvgIpc) is 2.18. The number of anilines is 1. The molecule has 1 aromatic carbocycles. The predicted molar refractivity (Wildman–Crippen MR) is 59.1 cm³/mol. The first-order valence-electron chi connectivity index (χ1n) is 4.23. The lowest BCUT2D eigenvalue weighted by Gasteiger charge is -2.03. The van der Waals surface area contributed by atoms with E-state index < -0.39 is 32.2 Å². The SMILES string of the molecule is CC(=O)Nc1cc([N+](=O)[O-])c(Cl)c([N+](=O)[O-])c1. The molecule has 0 aromatic heterocycles. The predicted octanol–water partition coefficient (Wildman–Crippen LogP) is 2.11. The van der Waals surface area contributed by atoms with E-state index in [4.69, 9.17) is 11.6 Å². The maximum Gasteiger partial charge on any atom is 0.297 e. The molecule has 8 nitrogen and oxygen atoms in total. The van der Waals surface area contributed by atoms with E-state index in [-0.39, 0.29) is 5.69 Å². The number of halogens is 1. The average molecular weight is 260 g/mol. The number of benzene rings is 1. The summed E-state index contributed by atoms with van der Waals surface area (Å²) in [6, 6.07) is 1.91. The van der Waals surface area contributed by atoms with Crippen LogP contribution >= 0.6 is 11.6 Å². The number of nitrogens with zero attached hydrogens (tertiary/aromatic N) is 2. The van der Waals surface area contributed by atoms with E-state index in [1.165, 1.54) is 6.92 Å². The van der Waals surface area contributed by atoms with Crippen LogP contribution in [0.25, 0.3) is 0 Å². The first-order valence-corrected chi connectivity index (χ1v) is 4.60. The van der Waals surface area contributed by atoms with Crippen LogP contribution in [0, 0.1) is 20.2 Å². The van der Waals surface area contributed by atoms with E-state index in [0.717, 1.165) is 12.1 Å². The molecule has 17 heavy (non-hydrogen) atoms. The van der Waals surface area contributed by atoms with E-state index in [2.05, 4.69) is 5.32 Å². The first-order chi connectivity index (χ1) is 7.82. The number of carbonyl (C=O) groups is 1. The lowest BCUT2D eigenvalue weighted by molar-refractivity contribution is -0.393. The lowest BCUT2D eigenvalue weighted by Crippen LogP contribution is -2.07. The molecule has 1 N–H and O–H groups in total. The molecule has 1 aromatic rings. The molecule has 0 unspecified atom stereocenters. The third kappa shape index (κ3) is 2.88. The highest BCUT2D eigenvalue weighted by Crippen LogP contribution is 2.36. The summed E-state index contributed by atoms with van der Waals surface area (Å²) in [5, 5.41) is 22.9. The van der Waals surface area contributed by atoms with Crippen LogP contribution in [0.1, 0.15) is 6.92 Å². The van der Waals surface area contributed by atoms with Crippen LogP contribution in [-0.2, 0) is 4.79 Å². The second-order valence-corrected chi connectivity index (χ2v) is 3.40. The number of carbonyl (C=O) groups excluding carboxylic acids is 1. The molecule has 0 heterocycles. The quantitative estimate of drug-likeness (QED) is 0.659. The summed E-state index contributed by atoms with van der Waals surface area (Å²) >= 11 is 5.51. The highest BCUT2D eigenvalue weighted by Gasteiger charge is 2.25. The molecule has 0 fully saturated rings. The first kappa shape index (κ1) is 12.8. The van der Waals surface area contributed by atoms with Crippen molar-refractivity contribution in [2.75, 3.05) is 5.32 Å². The van der Waals surface area contributed by atoms with Crippen LogP contribution < -0.4 is 5.32 Å². The van der Waals surface area contributed by atoms with Crippen LogP contribution in [0.4, 0.5) is 17.1 Å². The Balaban J connectivity index is 3.41. The van der Waals surface area contributed by atoms with Crippen molar-refractivity contribution < 1.29 is 14.6 Å². The molecule has 0 aliphatic rings. The summed E-state index contributed by atoms with van der Waals surface area (Å²) in [6.45, 7) is 1.17. The van der Waals surface area contributed by atoms with Gasteiger partial charge in [0.15, 0.2) is 5.02 Å². The molecule has 0 spiro atoms.